The largest absolute Gasteiger partial charge is 0.493 e. The van der Waals surface area contributed by atoms with Gasteiger partial charge in [0.1, 0.15) is 10.7 Å². The first-order valence-corrected chi connectivity index (χ1v) is 6.56. The van der Waals surface area contributed by atoms with Crippen LogP contribution in [0.5, 0.6) is 5.75 Å². The molecule has 1 aromatic rings. The fourth-order valence-corrected chi connectivity index (χ4v) is 1.87. The van der Waals surface area contributed by atoms with Gasteiger partial charge in [-0.25, -0.2) is 0 Å². The Labute approximate surface area is 115 Å². The summed E-state index contributed by atoms with van der Waals surface area (Å²) in [7, 11) is 1.69. The molecule has 0 bridgehead atoms. The van der Waals surface area contributed by atoms with E-state index in [2.05, 4.69) is 15.9 Å². The predicted octanol–water partition coefficient (Wildman–Crippen LogP) is 2.89. The van der Waals surface area contributed by atoms with E-state index in [4.69, 9.17) is 27.4 Å². The molecule has 0 fully saturated rings. The maximum Gasteiger partial charge on any atom is 0.129 e. The van der Waals surface area contributed by atoms with Crippen molar-refractivity contribution in [1.82, 2.24) is 0 Å². The molecule has 0 radical (unpaired) electrons. The van der Waals surface area contributed by atoms with Crippen molar-refractivity contribution in [2.45, 2.75) is 12.8 Å². The van der Waals surface area contributed by atoms with E-state index in [1.54, 1.807) is 7.11 Å². The molecule has 3 nitrogen and oxygen atoms in total. The smallest absolute Gasteiger partial charge is 0.129 e. The van der Waals surface area contributed by atoms with Crippen molar-refractivity contribution >= 4 is 33.1 Å². The zero-order chi connectivity index (χ0) is 12.7. The molecule has 17 heavy (non-hydrogen) atoms. The number of methoxy groups -OCH3 is 1. The number of halogens is 1. The molecule has 0 spiro atoms. The van der Waals surface area contributed by atoms with Crippen molar-refractivity contribution in [1.29, 1.82) is 0 Å². The first-order valence-electron chi connectivity index (χ1n) is 5.36. The second kappa shape index (κ2) is 7.63. The lowest BCUT2D eigenvalue weighted by atomic mass is 10.2. The fraction of sp³-hybridized carbons (Fsp3) is 0.417. The molecule has 5 heteroatoms. The monoisotopic (exact) mass is 317 g/mol. The van der Waals surface area contributed by atoms with Gasteiger partial charge in [0.15, 0.2) is 0 Å². The van der Waals surface area contributed by atoms with Crippen molar-refractivity contribution in [3.63, 3.8) is 0 Å². The Morgan fingerprint density at radius 3 is 2.71 bits per heavy atom. The van der Waals surface area contributed by atoms with Crippen molar-refractivity contribution in [2.75, 3.05) is 20.3 Å². The molecular weight excluding hydrogens is 302 g/mol. The molecule has 0 heterocycles. The Morgan fingerprint density at radius 1 is 1.35 bits per heavy atom. The van der Waals surface area contributed by atoms with Crippen LogP contribution in [0, 0.1) is 0 Å². The van der Waals surface area contributed by atoms with Gasteiger partial charge < -0.3 is 15.2 Å². The molecular formula is C12H16BrNO2S. The van der Waals surface area contributed by atoms with Crippen molar-refractivity contribution in [2.24, 2.45) is 5.73 Å². The summed E-state index contributed by atoms with van der Waals surface area (Å²) in [5.41, 5.74) is 6.41. The van der Waals surface area contributed by atoms with E-state index in [0.29, 0.717) is 11.6 Å². The summed E-state index contributed by atoms with van der Waals surface area (Å²) >= 11 is 8.37. The van der Waals surface area contributed by atoms with Crippen LogP contribution in [0.25, 0.3) is 0 Å². The zero-order valence-electron chi connectivity index (χ0n) is 9.74. The number of nitrogens with two attached hydrogens (primary N) is 1. The Morgan fingerprint density at radius 2 is 2.06 bits per heavy atom. The minimum atomic E-state index is 0.346. The maximum atomic E-state index is 5.66. The minimum absolute atomic E-state index is 0.346. The SMILES string of the molecule is COCCCCOc1ccc(Br)cc1C(N)=S. The Bertz CT molecular complexity index is 385. The normalized spacial score (nSPS) is 10.2. The van der Waals surface area contributed by atoms with Gasteiger partial charge in [-0.2, -0.15) is 0 Å². The lowest BCUT2D eigenvalue weighted by Gasteiger charge is -2.10. The van der Waals surface area contributed by atoms with Gasteiger partial charge in [0.05, 0.1) is 12.2 Å². The highest BCUT2D eigenvalue weighted by Gasteiger charge is 2.06. The lowest BCUT2D eigenvalue weighted by molar-refractivity contribution is 0.184. The summed E-state index contributed by atoms with van der Waals surface area (Å²) in [6.45, 7) is 1.40. The number of hydrogen-bond acceptors (Lipinski definition) is 3. The van der Waals surface area contributed by atoms with Gasteiger partial charge >= 0.3 is 0 Å². The highest BCUT2D eigenvalue weighted by molar-refractivity contribution is 9.10. The molecule has 0 saturated carbocycles. The van der Waals surface area contributed by atoms with E-state index in [1.165, 1.54) is 0 Å². The molecule has 0 aliphatic rings. The average Bonchev–Trinajstić information content (AvgIpc) is 2.30. The highest BCUT2D eigenvalue weighted by Crippen LogP contribution is 2.23. The molecule has 0 aromatic heterocycles. The van der Waals surface area contributed by atoms with Crippen LogP contribution in [0.15, 0.2) is 22.7 Å². The third kappa shape index (κ3) is 5.02. The van der Waals surface area contributed by atoms with Crippen LogP contribution in [0.1, 0.15) is 18.4 Å². The quantitative estimate of drug-likeness (QED) is 0.620. The van der Waals surface area contributed by atoms with Gasteiger partial charge in [-0.3, -0.25) is 0 Å². The molecule has 1 aromatic carbocycles. The van der Waals surface area contributed by atoms with Crippen molar-refractivity contribution in [3.05, 3.63) is 28.2 Å². The molecule has 0 unspecified atom stereocenters. The number of thiocarbonyl (C=S) groups is 1. The summed E-state index contributed by atoms with van der Waals surface area (Å²) in [5, 5.41) is 0. The van der Waals surface area contributed by atoms with Gasteiger partial charge in [0.2, 0.25) is 0 Å². The van der Waals surface area contributed by atoms with Crippen LogP contribution >= 0.6 is 28.1 Å². The summed E-state index contributed by atoms with van der Waals surface area (Å²) in [6, 6.07) is 5.65. The maximum absolute atomic E-state index is 5.66. The second-order valence-corrected chi connectivity index (χ2v) is 4.91. The Hall–Kier alpha value is -0.650. The van der Waals surface area contributed by atoms with Crippen LogP contribution in [-0.4, -0.2) is 25.3 Å². The number of hydrogen-bond donors (Lipinski definition) is 1. The van der Waals surface area contributed by atoms with E-state index in [9.17, 15) is 0 Å². The molecule has 0 atom stereocenters. The van der Waals surface area contributed by atoms with Crippen molar-refractivity contribution < 1.29 is 9.47 Å². The molecule has 0 amide bonds. The van der Waals surface area contributed by atoms with Crippen molar-refractivity contribution in [3.8, 4) is 5.75 Å². The molecule has 0 aliphatic heterocycles. The van der Waals surface area contributed by atoms with Crippen LogP contribution in [0.2, 0.25) is 0 Å². The van der Waals surface area contributed by atoms with Crippen LogP contribution in [-0.2, 0) is 4.74 Å². The second-order valence-electron chi connectivity index (χ2n) is 3.55. The summed E-state index contributed by atoms with van der Waals surface area (Å²) in [6.07, 6.45) is 1.93. The molecule has 94 valence electrons. The minimum Gasteiger partial charge on any atom is -0.493 e. The molecule has 2 N–H and O–H groups in total. The average molecular weight is 318 g/mol. The van der Waals surface area contributed by atoms with Crippen LogP contribution in [0.4, 0.5) is 0 Å². The summed E-state index contributed by atoms with van der Waals surface area (Å²) < 4.78 is 11.6. The van der Waals surface area contributed by atoms with Gasteiger partial charge in [0, 0.05) is 18.2 Å². The number of unbranched alkanes of at least 4 members (excludes halogenated alkanes) is 1. The van der Waals surface area contributed by atoms with E-state index in [1.807, 2.05) is 18.2 Å². The molecule has 1 rings (SSSR count). The highest BCUT2D eigenvalue weighted by atomic mass is 79.9. The third-order valence-electron chi connectivity index (χ3n) is 2.21. The van der Waals surface area contributed by atoms with Gasteiger partial charge in [-0.05, 0) is 31.0 Å². The van der Waals surface area contributed by atoms with Gasteiger partial charge in [0.25, 0.3) is 0 Å². The summed E-state index contributed by atoms with van der Waals surface area (Å²) in [5.74, 6) is 0.734. The van der Waals surface area contributed by atoms with Crippen LogP contribution in [0.3, 0.4) is 0 Å². The molecule has 0 saturated heterocycles. The first kappa shape index (κ1) is 14.4. The Kier molecular flexibility index (Phi) is 6.47. The summed E-state index contributed by atoms with van der Waals surface area (Å²) in [4.78, 5) is 0.346. The Balaban J connectivity index is 2.55. The van der Waals surface area contributed by atoms with E-state index >= 15 is 0 Å². The van der Waals surface area contributed by atoms with E-state index in [-0.39, 0.29) is 0 Å². The van der Waals surface area contributed by atoms with Gasteiger partial charge in [-0.15, -0.1) is 0 Å². The molecule has 0 aliphatic carbocycles. The lowest BCUT2D eigenvalue weighted by Crippen LogP contribution is -2.12. The fourth-order valence-electron chi connectivity index (χ4n) is 1.35. The predicted molar refractivity (Wildman–Crippen MR) is 76.6 cm³/mol. The third-order valence-corrected chi connectivity index (χ3v) is 2.92. The number of benzene rings is 1. The van der Waals surface area contributed by atoms with Gasteiger partial charge in [-0.1, -0.05) is 28.1 Å². The standard InChI is InChI=1S/C12H16BrNO2S/c1-15-6-2-3-7-16-11-5-4-9(13)8-10(11)12(14)17/h4-5,8H,2-3,6-7H2,1H3,(H2,14,17). The first-order chi connectivity index (χ1) is 8.15. The van der Waals surface area contributed by atoms with Crippen LogP contribution < -0.4 is 10.5 Å². The zero-order valence-corrected chi connectivity index (χ0v) is 12.1. The number of ether oxygens (including phenoxy) is 2. The van der Waals surface area contributed by atoms with E-state index in [0.717, 1.165) is 35.2 Å². The number of rotatable bonds is 7. The topological polar surface area (TPSA) is 44.5 Å². The van der Waals surface area contributed by atoms with E-state index < -0.39 is 0 Å².